The third kappa shape index (κ3) is 3.66. The van der Waals surface area contributed by atoms with E-state index in [0.717, 1.165) is 48.7 Å². The molecule has 176 valence electrons. The Kier molecular flexibility index (Phi) is 5.32. The van der Waals surface area contributed by atoms with Crippen LogP contribution in [0.25, 0.3) is 0 Å². The summed E-state index contributed by atoms with van der Waals surface area (Å²) in [6.45, 7) is 2.28. The van der Waals surface area contributed by atoms with Crippen LogP contribution < -0.4 is 4.74 Å². The van der Waals surface area contributed by atoms with Crippen LogP contribution in [0.4, 0.5) is 0 Å². The molecule has 1 saturated carbocycles. The summed E-state index contributed by atoms with van der Waals surface area (Å²) in [7, 11) is 0. The molecule has 3 fully saturated rings. The van der Waals surface area contributed by atoms with Crippen LogP contribution in [0.5, 0.6) is 5.75 Å². The lowest BCUT2D eigenvalue weighted by molar-refractivity contribution is -0.163. The van der Waals surface area contributed by atoms with Crippen molar-refractivity contribution in [3.05, 3.63) is 59.4 Å². The van der Waals surface area contributed by atoms with Crippen LogP contribution in [-0.2, 0) is 16.1 Å². The highest BCUT2D eigenvalue weighted by Crippen LogP contribution is 2.37. The second kappa shape index (κ2) is 8.51. The van der Waals surface area contributed by atoms with Gasteiger partial charge in [0, 0.05) is 55.8 Å². The number of pyridine rings is 1. The van der Waals surface area contributed by atoms with Crippen LogP contribution in [0.3, 0.4) is 0 Å². The number of carbonyl (C=O) groups is 3. The van der Waals surface area contributed by atoms with Crippen LogP contribution >= 0.6 is 0 Å². The first-order chi connectivity index (χ1) is 16.6. The van der Waals surface area contributed by atoms with E-state index in [2.05, 4.69) is 16.0 Å². The van der Waals surface area contributed by atoms with Crippen molar-refractivity contribution in [2.24, 2.45) is 0 Å². The van der Waals surface area contributed by atoms with E-state index in [-0.39, 0.29) is 30.4 Å². The Balaban J connectivity index is 1.12. The Labute approximate surface area is 198 Å². The highest BCUT2D eigenvalue weighted by Gasteiger charge is 2.42. The summed E-state index contributed by atoms with van der Waals surface area (Å²) in [5.41, 5.74) is 2.63. The van der Waals surface area contributed by atoms with Crippen molar-refractivity contribution in [3.63, 3.8) is 0 Å². The predicted molar refractivity (Wildman–Crippen MR) is 123 cm³/mol. The summed E-state index contributed by atoms with van der Waals surface area (Å²) >= 11 is 0. The number of imide groups is 1. The molecule has 4 aliphatic rings. The van der Waals surface area contributed by atoms with Crippen LogP contribution in [-0.4, -0.2) is 62.9 Å². The molecule has 34 heavy (non-hydrogen) atoms. The molecule has 2 saturated heterocycles. The van der Waals surface area contributed by atoms with Gasteiger partial charge in [0.05, 0.1) is 6.54 Å². The highest BCUT2D eigenvalue weighted by atomic mass is 16.5. The van der Waals surface area contributed by atoms with Crippen molar-refractivity contribution in [2.45, 2.75) is 63.1 Å². The number of nitrogens with zero attached hydrogens (tertiary/aromatic N) is 4. The van der Waals surface area contributed by atoms with Crippen molar-refractivity contribution in [3.8, 4) is 5.75 Å². The summed E-state index contributed by atoms with van der Waals surface area (Å²) in [5.74, 6) is 0.368. The Morgan fingerprint density at radius 3 is 2.56 bits per heavy atom. The minimum atomic E-state index is -0.304. The lowest BCUT2D eigenvalue weighted by atomic mass is 9.90. The van der Waals surface area contributed by atoms with E-state index >= 15 is 0 Å². The van der Waals surface area contributed by atoms with Gasteiger partial charge < -0.3 is 4.74 Å². The number of hydrogen-bond acceptors (Lipinski definition) is 6. The number of amides is 3. The molecule has 0 radical (unpaired) electrons. The molecule has 4 heterocycles. The van der Waals surface area contributed by atoms with Crippen LogP contribution in [0.15, 0.2) is 42.7 Å². The first-order valence-electron chi connectivity index (χ1n) is 12.2. The fourth-order valence-electron chi connectivity index (χ4n) is 5.78. The molecule has 8 heteroatoms. The molecule has 3 aliphatic heterocycles. The molecule has 0 bridgehead atoms. The van der Waals surface area contributed by atoms with Gasteiger partial charge in [0.25, 0.3) is 5.91 Å². The van der Waals surface area contributed by atoms with Gasteiger partial charge in [-0.1, -0.05) is 6.07 Å². The molecule has 8 nitrogen and oxygen atoms in total. The summed E-state index contributed by atoms with van der Waals surface area (Å²) in [6, 6.07) is 10.0. The smallest absolute Gasteiger partial charge is 0.273 e. The Morgan fingerprint density at radius 1 is 0.971 bits per heavy atom. The molecule has 2 aromatic rings. The van der Waals surface area contributed by atoms with E-state index < -0.39 is 0 Å². The third-order valence-electron chi connectivity index (χ3n) is 7.60. The molecule has 1 aromatic heterocycles. The van der Waals surface area contributed by atoms with E-state index in [4.69, 9.17) is 4.74 Å². The van der Waals surface area contributed by atoms with Crippen molar-refractivity contribution < 1.29 is 19.1 Å². The van der Waals surface area contributed by atoms with E-state index in [9.17, 15) is 14.4 Å². The number of benzene rings is 1. The molecule has 1 aliphatic carbocycles. The van der Waals surface area contributed by atoms with Gasteiger partial charge in [0.15, 0.2) is 0 Å². The van der Waals surface area contributed by atoms with Crippen molar-refractivity contribution in [2.75, 3.05) is 13.1 Å². The van der Waals surface area contributed by atoms with Crippen molar-refractivity contribution in [1.29, 1.82) is 0 Å². The van der Waals surface area contributed by atoms with Gasteiger partial charge in [-0.3, -0.25) is 24.3 Å². The second-order valence-corrected chi connectivity index (χ2v) is 9.73. The average Bonchev–Trinajstić information content (AvgIpc) is 3.38. The normalized spacial score (nSPS) is 25.6. The highest BCUT2D eigenvalue weighted by molar-refractivity contribution is 6.04. The number of hydrogen-bond donors (Lipinski definition) is 0. The SMILES string of the molecule is O=C1c2ccc(O[C@@H]3CCC[C@@H]3N3CC(c4cccnc4)C3)cc2CN1N1C(=O)CCCC1=O. The van der Waals surface area contributed by atoms with E-state index in [1.165, 1.54) is 10.6 Å². The number of rotatable bonds is 5. The van der Waals surface area contributed by atoms with Gasteiger partial charge in [-0.2, -0.15) is 5.01 Å². The number of piperidine rings is 1. The zero-order chi connectivity index (χ0) is 23.2. The van der Waals surface area contributed by atoms with E-state index in [1.54, 1.807) is 6.07 Å². The van der Waals surface area contributed by atoms with Gasteiger partial charge in [-0.15, -0.1) is 0 Å². The van der Waals surface area contributed by atoms with Gasteiger partial charge in [0.2, 0.25) is 11.8 Å². The van der Waals surface area contributed by atoms with Gasteiger partial charge >= 0.3 is 0 Å². The summed E-state index contributed by atoms with van der Waals surface area (Å²) in [5, 5.41) is 2.33. The van der Waals surface area contributed by atoms with Crippen LogP contribution in [0.2, 0.25) is 0 Å². The molecule has 6 rings (SSSR count). The van der Waals surface area contributed by atoms with Gasteiger partial charge in [-0.25, -0.2) is 5.01 Å². The summed E-state index contributed by atoms with van der Waals surface area (Å²) in [6.07, 6.45) is 8.30. The van der Waals surface area contributed by atoms with Gasteiger partial charge in [0.1, 0.15) is 11.9 Å². The van der Waals surface area contributed by atoms with E-state index in [1.807, 2.05) is 30.6 Å². The maximum absolute atomic E-state index is 12.9. The fraction of sp³-hybridized carbons (Fsp3) is 0.462. The first kappa shape index (κ1) is 21.3. The number of carbonyl (C=O) groups excluding carboxylic acids is 3. The third-order valence-corrected chi connectivity index (χ3v) is 7.60. The monoisotopic (exact) mass is 460 g/mol. The lowest BCUT2D eigenvalue weighted by Crippen LogP contribution is -2.54. The molecule has 0 spiro atoms. The number of ether oxygens (including phenoxy) is 1. The molecule has 1 aromatic carbocycles. The average molecular weight is 461 g/mol. The maximum Gasteiger partial charge on any atom is 0.273 e. The second-order valence-electron chi connectivity index (χ2n) is 9.73. The van der Waals surface area contributed by atoms with Crippen molar-refractivity contribution in [1.82, 2.24) is 19.9 Å². The zero-order valence-electron chi connectivity index (χ0n) is 19.1. The molecular formula is C26H28N4O4. The minimum absolute atomic E-state index is 0.117. The Hall–Kier alpha value is -3.26. The fourth-order valence-corrected chi connectivity index (χ4v) is 5.78. The minimum Gasteiger partial charge on any atom is -0.489 e. The van der Waals surface area contributed by atoms with Crippen LogP contribution in [0.1, 0.15) is 65.9 Å². The Bertz CT molecular complexity index is 1110. The number of hydrazine groups is 1. The topological polar surface area (TPSA) is 83.1 Å². The quantitative estimate of drug-likeness (QED) is 0.638. The van der Waals surface area contributed by atoms with Gasteiger partial charge in [-0.05, 0) is 61.1 Å². The predicted octanol–water partition coefficient (Wildman–Crippen LogP) is 2.89. The van der Waals surface area contributed by atoms with Crippen LogP contribution in [0, 0.1) is 0 Å². The molecular weight excluding hydrogens is 432 g/mol. The van der Waals surface area contributed by atoms with E-state index in [0.29, 0.717) is 36.8 Å². The molecule has 2 atom stereocenters. The first-order valence-corrected chi connectivity index (χ1v) is 12.2. The lowest BCUT2D eigenvalue weighted by Gasteiger charge is -2.45. The number of aromatic nitrogens is 1. The molecule has 0 unspecified atom stereocenters. The largest absolute Gasteiger partial charge is 0.489 e. The summed E-state index contributed by atoms with van der Waals surface area (Å²) in [4.78, 5) is 44.3. The van der Waals surface area contributed by atoms with Crippen molar-refractivity contribution >= 4 is 17.7 Å². The standard InChI is InChI=1S/C26H28N4O4/c31-24-7-2-8-25(32)30(24)29-16-18-12-20(9-10-21(18)26(29)33)34-23-6-1-5-22(23)28-14-19(15-28)17-4-3-11-27-13-17/h3-4,9-13,19,22-23H,1-2,5-8,14-16H2/t22-,23+/m0/s1. The zero-order valence-corrected chi connectivity index (χ0v) is 19.1. The summed E-state index contributed by atoms with van der Waals surface area (Å²) < 4.78 is 6.44. The maximum atomic E-state index is 12.9. The Morgan fingerprint density at radius 2 is 1.79 bits per heavy atom. The molecule has 0 N–H and O–H groups in total. The number of fused-ring (bicyclic) bond motifs is 1. The molecule has 3 amide bonds. The number of likely N-dealkylation sites (tertiary alicyclic amines) is 1.